The van der Waals surface area contributed by atoms with Crippen LogP contribution in [0.4, 0.5) is 0 Å². The van der Waals surface area contributed by atoms with Gasteiger partial charge in [0.1, 0.15) is 5.76 Å². The predicted octanol–water partition coefficient (Wildman–Crippen LogP) is 2.12. The first-order valence-electron chi connectivity index (χ1n) is 6.53. The highest BCUT2D eigenvalue weighted by Gasteiger charge is 2.30. The monoisotopic (exact) mass is 237 g/mol. The van der Waals surface area contributed by atoms with Crippen molar-refractivity contribution in [1.29, 1.82) is 0 Å². The highest BCUT2D eigenvalue weighted by Crippen LogP contribution is 2.24. The van der Waals surface area contributed by atoms with Crippen molar-refractivity contribution in [3.05, 3.63) is 17.8 Å². The average molecular weight is 237 g/mol. The fourth-order valence-electron chi connectivity index (χ4n) is 2.47. The average Bonchev–Trinajstić information content (AvgIpc) is 2.76. The van der Waals surface area contributed by atoms with E-state index in [2.05, 4.69) is 36.0 Å². The van der Waals surface area contributed by atoms with Gasteiger partial charge in [-0.15, -0.1) is 0 Å². The molecular formula is C13H23N3O. The molecule has 0 radical (unpaired) electrons. The van der Waals surface area contributed by atoms with Gasteiger partial charge in [-0.2, -0.15) is 0 Å². The number of aromatic nitrogens is 1. The molecule has 0 bridgehead atoms. The minimum Gasteiger partial charge on any atom is -0.444 e. The molecule has 0 saturated carbocycles. The van der Waals surface area contributed by atoms with Crippen LogP contribution in [0.25, 0.3) is 0 Å². The van der Waals surface area contributed by atoms with Crippen LogP contribution >= 0.6 is 0 Å². The van der Waals surface area contributed by atoms with Gasteiger partial charge in [-0.1, -0.05) is 6.92 Å². The molecule has 2 rings (SSSR count). The predicted molar refractivity (Wildman–Crippen MR) is 67.9 cm³/mol. The van der Waals surface area contributed by atoms with Crippen molar-refractivity contribution in [3.63, 3.8) is 0 Å². The van der Waals surface area contributed by atoms with Crippen LogP contribution in [0.3, 0.4) is 0 Å². The molecule has 1 aliphatic rings. The van der Waals surface area contributed by atoms with Gasteiger partial charge in [-0.05, 0) is 27.2 Å². The fraction of sp³-hybridized carbons (Fsp3) is 0.769. The third-order valence-electron chi connectivity index (χ3n) is 3.69. The van der Waals surface area contributed by atoms with Gasteiger partial charge in [-0.3, -0.25) is 4.90 Å². The Morgan fingerprint density at radius 3 is 3.00 bits per heavy atom. The summed E-state index contributed by atoms with van der Waals surface area (Å²) in [6.07, 6.45) is 2.97. The molecule has 4 nitrogen and oxygen atoms in total. The Morgan fingerprint density at radius 1 is 1.65 bits per heavy atom. The second-order valence-corrected chi connectivity index (χ2v) is 5.04. The molecule has 1 fully saturated rings. The van der Waals surface area contributed by atoms with E-state index in [4.69, 9.17) is 4.42 Å². The van der Waals surface area contributed by atoms with Crippen LogP contribution in [0.1, 0.15) is 44.9 Å². The normalized spacial score (nSPS) is 28.2. The van der Waals surface area contributed by atoms with Crippen molar-refractivity contribution >= 4 is 0 Å². The number of piperazine rings is 1. The summed E-state index contributed by atoms with van der Waals surface area (Å²) < 4.78 is 5.64. The third kappa shape index (κ3) is 2.69. The first-order chi connectivity index (χ1) is 8.11. The number of hydrogen-bond acceptors (Lipinski definition) is 4. The third-order valence-corrected chi connectivity index (χ3v) is 3.69. The molecule has 0 aliphatic carbocycles. The van der Waals surface area contributed by atoms with Crippen LogP contribution in [0.5, 0.6) is 0 Å². The number of nitrogens with zero attached hydrogens (tertiary/aromatic N) is 2. The van der Waals surface area contributed by atoms with Crippen molar-refractivity contribution in [2.75, 3.05) is 13.1 Å². The minimum atomic E-state index is 0.259. The lowest BCUT2D eigenvalue weighted by atomic mass is 10.1. The summed E-state index contributed by atoms with van der Waals surface area (Å²) in [7, 11) is 0. The van der Waals surface area contributed by atoms with Gasteiger partial charge < -0.3 is 9.73 Å². The van der Waals surface area contributed by atoms with Crippen molar-refractivity contribution < 1.29 is 4.42 Å². The summed E-state index contributed by atoms with van der Waals surface area (Å²) in [5.74, 6) is 1.73. The van der Waals surface area contributed by atoms with E-state index < -0.39 is 0 Å². The SMILES string of the molecule is CCC1CN(C(C)c2ncc(C)o2)C(C)CN1. The molecule has 3 atom stereocenters. The van der Waals surface area contributed by atoms with Crippen LogP contribution in [-0.2, 0) is 0 Å². The lowest BCUT2D eigenvalue weighted by molar-refractivity contribution is 0.0834. The summed E-state index contributed by atoms with van der Waals surface area (Å²) in [5, 5.41) is 3.57. The summed E-state index contributed by atoms with van der Waals surface area (Å²) in [4.78, 5) is 6.83. The van der Waals surface area contributed by atoms with E-state index >= 15 is 0 Å². The van der Waals surface area contributed by atoms with E-state index in [1.807, 2.05) is 6.92 Å². The highest BCUT2D eigenvalue weighted by molar-refractivity contribution is 4.98. The molecule has 1 aliphatic heterocycles. The molecule has 4 heteroatoms. The molecule has 96 valence electrons. The number of aryl methyl sites for hydroxylation is 1. The maximum absolute atomic E-state index is 5.64. The summed E-state index contributed by atoms with van der Waals surface area (Å²) in [6, 6.07) is 1.37. The maximum atomic E-state index is 5.64. The molecule has 0 spiro atoms. The van der Waals surface area contributed by atoms with E-state index in [0.717, 1.165) is 24.7 Å². The Morgan fingerprint density at radius 2 is 2.41 bits per heavy atom. The molecule has 3 unspecified atom stereocenters. The Kier molecular flexibility index (Phi) is 3.84. The van der Waals surface area contributed by atoms with E-state index in [9.17, 15) is 0 Å². The molecule has 0 aromatic carbocycles. The Bertz CT molecular complexity index is 363. The van der Waals surface area contributed by atoms with E-state index in [0.29, 0.717) is 12.1 Å². The minimum absolute atomic E-state index is 0.259. The van der Waals surface area contributed by atoms with Crippen molar-refractivity contribution in [2.45, 2.75) is 52.2 Å². The van der Waals surface area contributed by atoms with Crippen LogP contribution in [0.15, 0.2) is 10.6 Å². The highest BCUT2D eigenvalue weighted by atomic mass is 16.4. The lowest BCUT2D eigenvalue weighted by Gasteiger charge is -2.41. The molecular weight excluding hydrogens is 214 g/mol. The zero-order valence-electron chi connectivity index (χ0n) is 11.2. The van der Waals surface area contributed by atoms with Crippen molar-refractivity contribution in [1.82, 2.24) is 15.2 Å². The van der Waals surface area contributed by atoms with Crippen LogP contribution in [0, 0.1) is 6.92 Å². The van der Waals surface area contributed by atoms with Crippen molar-refractivity contribution in [3.8, 4) is 0 Å². The largest absolute Gasteiger partial charge is 0.444 e. The van der Waals surface area contributed by atoms with Crippen molar-refractivity contribution in [2.24, 2.45) is 0 Å². The molecule has 1 N–H and O–H groups in total. The fourth-order valence-corrected chi connectivity index (χ4v) is 2.47. The Hall–Kier alpha value is -0.870. The van der Waals surface area contributed by atoms with E-state index in [1.165, 1.54) is 6.42 Å². The van der Waals surface area contributed by atoms with Crippen LogP contribution < -0.4 is 5.32 Å². The molecule has 1 aromatic heterocycles. The first kappa shape index (κ1) is 12.6. The van der Waals surface area contributed by atoms with E-state index in [1.54, 1.807) is 6.20 Å². The second kappa shape index (κ2) is 5.19. The Labute approximate surface area is 103 Å². The molecule has 17 heavy (non-hydrogen) atoms. The van der Waals surface area contributed by atoms with Gasteiger partial charge in [0.05, 0.1) is 12.2 Å². The second-order valence-electron chi connectivity index (χ2n) is 5.04. The molecule has 0 amide bonds. The zero-order valence-corrected chi connectivity index (χ0v) is 11.2. The van der Waals surface area contributed by atoms with Gasteiger partial charge in [0.2, 0.25) is 5.89 Å². The smallest absolute Gasteiger partial charge is 0.211 e. The number of oxazole rings is 1. The van der Waals surface area contributed by atoms with Gasteiger partial charge in [0.15, 0.2) is 0 Å². The quantitative estimate of drug-likeness (QED) is 0.874. The summed E-state index contributed by atoms with van der Waals surface area (Å²) in [6.45, 7) is 10.7. The number of hydrogen-bond donors (Lipinski definition) is 1. The van der Waals surface area contributed by atoms with Gasteiger partial charge in [-0.25, -0.2) is 4.98 Å². The lowest BCUT2D eigenvalue weighted by Crippen LogP contribution is -2.55. The number of rotatable bonds is 3. The zero-order chi connectivity index (χ0) is 12.4. The van der Waals surface area contributed by atoms with Crippen LogP contribution in [-0.4, -0.2) is 35.1 Å². The van der Waals surface area contributed by atoms with Gasteiger partial charge >= 0.3 is 0 Å². The maximum Gasteiger partial charge on any atom is 0.211 e. The topological polar surface area (TPSA) is 41.3 Å². The standard InChI is InChI=1S/C13H23N3O/c1-5-12-8-16(9(2)6-14-12)11(4)13-15-7-10(3)17-13/h7,9,11-12,14H,5-6,8H2,1-4H3. The molecule has 1 saturated heterocycles. The van der Waals surface area contributed by atoms with E-state index in [-0.39, 0.29) is 6.04 Å². The molecule has 1 aromatic rings. The Balaban J connectivity index is 2.09. The number of nitrogens with one attached hydrogen (secondary N) is 1. The van der Waals surface area contributed by atoms with Gasteiger partial charge in [0, 0.05) is 25.2 Å². The van der Waals surface area contributed by atoms with Gasteiger partial charge in [0.25, 0.3) is 0 Å². The van der Waals surface area contributed by atoms with Crippen LogP contribution in [0.2, 0.25) is 0 Å². The first-order valence-corrected chi connectivity index (χ1v) is 6.53. The molecule has 2 heterocycles. The summed E-state index contributed by atoms with van der Waals surface area (Å²) in [5.41, 5.74) is 0. The summed E-state index contributed by atoms with van der Waals surface area (Å²) >= 11 is 0.